The molecule has 1 aromatic heterocycles. The van der Waals surface area contributed by atoms with Crippen LogP contribution in [-0.2, 0) is 32.6 Å². The van der Waals surface area contributed by atoms with E-state index < -0.39 is 10.0 Å². The van der Waals surface area contributed by atoms with E-state index >= 15 is 0 Å². The molecule has 0 fully saturated rings. The second-order valence-electron chi connectivity index (χ2n) is 8.40. The maximum Gasteiger partial charge on any atom is 0.262 e. The monoisotopic (exact) mass is 551 g/mol. The first kappa shape index (κ1) is 27.0. The number of aromatic nitrogens is 2. The highest BCUT2D eigenvalue weighted by molar-refractivity contribution is 7.99. The summed E-state index contributed by atoms with van der Waals surface area (Å²) in [5, 5.41) is 11.5. The van der Waals surface area contributed by atoms with Crippen LogP contribution in [0.5, 0.6) is 0 Å². The molecule has 0 aliphatic rings. The Kier molecular flexibility index (Phi) is 8.25. The lowest BCUT2D eigenvalue weighted by Crippen LogP contribution is -2.25. The molecule has 12 heteroatoms. The fourth-order valence-corrected chi connectivity index (χ4v) is 5.05. The van der Waals surface area contributed by atoms with E-state index in [1.54, 1.807) is 60.7 Å². The molecule has 4 aromatic rings. The van der Waals surface area contributed by atoms with Crippen molar-refractivity contribution in [3.63, 3.8) is 0 Å². The lowest BCUT2D eigenvalue weighted by molar-refractivity contribution is -0.114. The minimum atomic E-state index is -3.79. The Morgan fingerprint density at radius 1 is 0.947 bits per heavy atom. The number of para-hydroxylation sites is 1. The Balaban J connectivity index is 1.50. The number of aryl methyl sites for hydroxylation is 1. The maximum atomic E-state index is 13.3. The van der Waals surface area contributed by atoms with Crippen molar-refractivity contribution in [1.82, 2.24) is 9.55 Å². The van der Waals surface area contributed by atoms with Gasteiger partial charge in [0, 0.05) is 24.8 Å². The molecule has 0 aliphatic carbocycles. The van der Waals surface area contributed by atoms with Crippen molar-refractivity contribution in [2.24, 2.45) is 5.14 Å². The zero-order chi connectivity index (χ0) is 27.3. The molecule has 3 aromatic carbocycles. The number of primary sulfonamides is 1. The number of nitrogens with one attached hydrogen (secondary N) is 2. The molecule has 2 amide bonds. The Morgan fingerprint density at radius 3 is 2.21 bits per heavy atom. The molecular weight excluding hydrogens is 526 g/mol. The number of sulfonamides is 1. The average Bonchev–Trinajstić information content (AvgIpc) is 2.88. The smallest absolute Gasteiger partial charge is 0.262 e. The maximum absolute atomic E-state index is 13.3. The van der Waals surface area contributed by atoms with Crippen molar-refractivity contribution in [1.29, 1.82) is 0 Å². The third-order valence-electron chi connectivity index (χ3n) is 5.52. The number of hydrogen-bond donors (Lipinski definition) is 3. The number of anilines is 2. The zero-order valence-electron chi connectivity index (χ0n) is 20.4. The third kappa shape index (κ3) is 6.85. The predicted octanol–water partition coefficient (Wildman–Crippen LogP) is 2.98. The van der Waals surface area contributed by atoms with Crippen molar-refractivity contribution in [3.8, 4) is 0 Å². The number of carbonyl (C=O) groups is 2. The minimum absolute atomic E-state index is 0.0119. The van der Waals surface area contributed by atoms with E-state index in [0.717, 1.165) is 17.3 Å². The quantitative estimate of drug-likeness (QED) is 0.213. The van der Waals surface area contributed by atoms with Crippen LogP contribution >= 0.6 is 11.8 Å². The van der Waals surface area contributed by atoms with Crippen LogP contribution in [0.4, 0.5) is 11.4 Å². The SMILES string of the molecule is CC(=O)Nc1ccc(NC(=O)CSc2nc3ccccc3c(=O)n2CCc2ccc(S(N)(=O)=O)cc2)cc1. The van der Waals surface area contributed by atoms with Gasteiger partial charge in [0.2, 0.25) is 21.8 Å². The van der Waals surface area contributed by atoms with Crippen molar-refractivity contribution >= 4 is 55.9 Å². The van der Waals surface area contributed by atoms with Crippen LogP contribution in [0, 0.1) is 0 Å². The second kappa shape index (κ2) is 11.6. The summed E-state index contributed by atoms with van der Waals surface area (Å²) >= 11 is 1.14. The minimum Gasteiger partial charge on any atom is -0.326 e. The number of nitrogens with two attached hydrogens (primary N) is 1. The van der Waals surface area contributed by atoms with Gasteiger partial charge in [-0.3, -0.25) is 19.0 Å². The zero-order valence-corrected chi connectivity index (χ0v) is 22.0. The first-order chi connectivity index (χ1) is 18.1. The van der Waals surface area contributed by atoms with E-state index in [1.807, 2.05) is 0 Å². The molecule has 4 rings (SSSR count). The van der Waals surface area contributed by atoms with Gasteiger partial charge < -0.3 is 10.6 Å². The van der Waals surface area contributed by atoms with E-state index in [4.69, 9.17) is 5.14 Å². The molecule has 0 unspecified atom stereocenters. The number of nitrogens with zero attached hydrogens (tertiary/aromatic N) is 2. The predicted molar refractivity (Wildman–Crippen MR) is 148 cm³/mol. The van der Waals surface area contributed by atoms with Gasteiger partial charge >= 0.3 is 0 Å². The largest absolute Gasteiger partial charge is 0.326 e. The number of benzene rings is 3. The molecule has 0 atom stereocenters. The molecule has 0 aliphatic heterocycles. The summed E-state index contributed by atoms with van der Waals surface area (Å²) in [6, 6.07) is 19.9. The van der Waals surface area contributed by atoms with Gasteiger partial charge in [-0.25, -0.2) is 18.5 Å². The van der Waals surface area contributed by atoms with Crippen LogP contribution in [0.2, 0.25) is 0 Å². The van der Waals surface area contributed by atoms with E-state index in [9.17, 15) is 22.8 Å². The van der Waals surface area contributed by atoms with Gasteiger partial charge in [0.25, 0.3) is 5.56 Å². The second-order valence-corrected chi connectivity index (χ2v) is 10.9. The average molecular weight is 552 g/mol. The van der Waals surface area contributed by atoms with Crippen LogP contribution in [0.1, 0.15) is 12.5 Å². The molecule has 10 nitrogen and oxygen atoms in total. The molecule has 0 radical (unpaired) electrons. The van der Waals surface area contributed by atoms with Crippen LogP contribution < -0.4 is 21.3 Å². The molecule has 0 saturated heterocycles. The topological polar surface area (TPSA) is 153 Å². The number of carbonyl (C=O) groups excluding carboxylic acids is 2. The van der Waals surface area contributed by atoms with Gasteiger partial charge in [0.15, 0.2) is 5.16 Å². The number of rotatable bonds is 9. The first-order valence-electron chi connectivity index (χ1n) is 11.5. The molecule has 0 bridgehead atoms. The summed E-state index contributed by atoms with van der Waals surface area (Å²) in [5.41, 5.74) is 2.30. The van der Waals surface area contributed by atoms with Crippen molar-refractivity contribution in [2.75, 3.05) is 16.4 Å². The lowest BCUT2D eigenvalue weighted by atomic mass is 10.1. The Morgan fingerprint density at radius 2 is 1.58 bits per heavy atom. The summed E-state index contributed by atoms with van der Waals surface area (Å²) < 4.78 is 24.5. The van der Waals surface area contributed by atoms with E-state index in [0.29, 0.717) is 33.9 Å². The first-order valence-corrected chi connectivity index (χ1v) is 14.0. The van der Waals surface area contributed by atoms with Crippen molar-refractivity contribution < 1.29 is 18.0 Å². The van der Waals surface area contributed by atoms with Gasteiger partial charge in [-0.05, 0) is 60.5 Å². The lowest BCUT2D eigenvalue weighted by Gasteiger charge is -2.13. The highest BCUT2D eigenvalue weighted by Gasteiger charge is 2.14. The fraction of sp³-hybridized carbons (Fsp3) is 0.154. The van der Waals surface area contributed by atoms with Crippen LogP contribution in [0.3, 0.4) is 0 Å². The summed E-state index contributed by atoms with van der Waals surface area (Å²) in [6.07, 6.45) is 0.436. The van der Waals surface area contributed by atoms with Gasteiger partial charge in [-0.15, -0.1) is 0 Å². The number of thioether (sulfide) groups is 1. The van der Waals surface area contributed by atoms with Crippen molar-refractivity contribution in [2.45, 2.75) is 29.9 Å². The Bertz CT molecular complexity index is 1650. The summed E-state index contributed by atoms with van der Waals surface area (Å²) in [7, 11) is -3.79. The highest BCUT2D eigenvalue weighted by Crippen LogP contribution is 2.20. The summed E-state index contributed by atoms with van der Waals surface area (Å²) in [6.45, 7) is 1.69. The van der Waals surface area contributed by atoms with Gasteiger partial charge in [0.1, 0.15) is 0 Å². The molecule has 196 valence electrons. The summed E-state index contributed by atoms with van der Waals surface area (Å²) in [5.74, 6) is -0.455. The summed E-state index contributed by atoms with van der Waals surface area (Å²) in [4.78, 5) is 41.7. The molecular formula is C26H25N5O5S2. The van der Waals surface area contributed by atoms with Gasteiger partial charge in [-0.1, -0.05) is 36.0 Å². The number of amides is 2. The number of fused-ring (bicyclic) bond motifs is 1. The van der Waals surface area contributed by atoms with Gasteiger partial charge in [-0.2, -0.15) is 0 Å². The third-order valence-corrected chi connectivity index (χ3v) is 7.43. The normalized spacial score (nSPS) is 11.3. The van der Waals surface area contributed by atoms with Crippen LogP contribution in [0.15, 0.2) is 87.6 Å². The van der Waals surface area contributed by atoms with Crippen molar-refractivity contribution in [3.05, 3.63) is 88.7 Å². The molecule has 38 heavy (non-hydrogen) atoms. The highest BCUT2D eigenvalue weighted by atomic mass is 32.2. The molecule has 0 saturated carbocycles. The molecule has 4 N–H and O–H groups in total. The van der Waals surface area contributed by atoms with E-state index in [-0.39, 0.29) is 34.6 Å². The number of hydrogen-bond acceptors (Lipinski definition) is 7. The van der Waals surface area contributed by atoms with E-state index in [2.05, 4.69) is 15.6 Å². The Labute approximate surface area is 223 Å². The molecule has 1 heterocycles. The molecule has 0 spiro atoms. The van der Waals surface area contributed by atoms with Gasteiger partial charge in [0.05, 0.1) is 21.6 Å². The Hall–Kier alpha value is -4.00. The van der Waals surface area contributed by atoms with E-state index in [1.165, 1.54) is 23.6 Å². The van der Waals surface area contributed by atoms with Crippen LogP contribution in [0.25, 0.3) is 10.9 Å². The fourth-order valence-electron chi connectivity index (χ4n) is 3.71. The van der Waals surface area contributed by atoms with Crippen LogP contribution in [-0.4, -0.2) is 35.5 Å². The standard InChI is InChI=1S/C26H25N5O5S2/c1-17(32)28-19-8-10-20(11-9-19)29-24(33)16-37-26-30-23-5-3-2-4-22(23)25(34)31(26)15-14-18-6-12-21(13-7-18)38(27,35)36/h2-13H,14-16H2,1H3,(H,28,32)(H,29,33)(H2,27,35,36).